The van der Waals surface area contributed by atoms with Gasteiger partial charge in [-0.25, -0.2) is 4.39 Å². The smallest absolute Gasteiger partial charge is 0.146 e. The van der Waals surface area contributed by atoms with E-state index in [1.165, 1.54) is 6.07 Å². The number of ether oxygens (including phenoxy) is 1. The average Bonchev–Trinajstić information content (AvgIpc) is 2.27. The number of rotatable bonds is 4. The molecule has 0 amide bonds. The summed E-state index contributed by atoms with van der Waals surface area (Å²) in [6, 6.07) is 6.57. The summed E-state index contributed by atoms with van der Waals surface area (Å²) >= 11 is 0. The van der Waals surface area contributed by atoms with Crippen LogP contribution in [0.5, 0.6) is 0 Å². The molecule has 0 aliphatic rings. The molecule has 3 heteroatoms. The van der Waals surface area contributed by atoms with Gasteiger partial charge in [-0.15, -0.1) is 0 Å². The molecule has 1 unspecified atom stereocenters. The number of nitriles is 1. The molecular formula is C12H14FNO. The van der Waals surface area contributed by atoms with E-state index < -0.39 is 5.82 Å². The highest BCUT2D eigenvalue weighted by atomic mass is 19.1. The Morgan fingerprint density at radius 2 is 2.27 bits per heavy atom. The second kappa shape index (κ2) is 5.47. The maximum Gasteiger partial charge on any atom is 0.146 e. The van der Waals surface area contributed by atoms with E-state index in [-0.39, 0.29) is 18.3 Å². The van der Waals surface area contributed by atoms with Gasteiger partial charge in [-0.2, -0.15) is 5.26 Å². The van der Waals surface area contributed by atoms with E-state index in [1.54, 1.807) is 18.2 Å². The zero-order chi connectivity index (χ0) is 11.3. The molecule has 1 atom stereocenters. The van der Waals surface area contributed by atoms with Crippen molar-refractivity contribution in [2.45, 2.75) is 33.0 Å². The Hall–Kier alpha value is -1.40. The molecule has 0 saturated carbocycles. The van der Waals surface area contributed by atoms with Crippen molar-refractivity contribution in [3.63, 3.8) is 0 Å². The molecule has 80 valence electrons. The minimum atomic E-state index is -0.469. The van der Waals surface area contributed by atoms with Crippen LogP contribution >= 0.6 is 0 Å². The van der Waals surface area contributed by atoms with E-state index in [4.69, 9.17) is 10.00 Å². The van der Waals surface area contributed by atoms with E-state index in [2.05, 4.69) is 0 Å². The molecule has 0 spiro atoms. The third-order valence-corrected chi connectivity index (χ3v) is 2.30. The zero-order valence-electron chi connectivity index (χ0n) is 8.96. The van der Waals surface area contributed by atoms with Crippen LogP contribution in [0.25, 0.3) is 0 Å². The molecule has 0 radical (unpaired) electrons. The molecule has 0 fully saturated rings. The first-order valence-electron chi connectivity index (χ1n) is 4.98. The van der Waals surface area contributed by atoms with Crippen LogP contribution in [0, 0.1) is 17.1 Å². The van der Waals surface area contributed by atoms with Gasteiger partial charge in [0, 0.05) is 5.56 Å². The first-order valence-corrected chi connectivity index (χ1v) is 4.98. The van der Waals surface area contributed by atoms with E-state index in [9.17, 15) is 4.39 Å². The van der Waals surface area contributed by atoms with Crippen LogP contribution in [0.4, 0.5) is 4.39 Å². The van der Waals surface area contributed by atoms with E-state index in [1.807, 2.05) is 13.8 Å². The average molecular weight is 207 g/mol. The molecule has 0 saturated heterocycles. The lowest BCUT2D eigenvalue weighted by Gasteiger charge is -2.11. The first-order chi connectivity index (χ1) is 7.19. The first kappa shape index (κ1) is 11.7. The van der Waals surface area contributed by atoms with Crippen molar-refractivity contribution in [3.8, 4) is 6.07 Å². The number of halogens is 1. The fourth-order valence-corrected chi connectivity index (χ4v) is 1.13. The normalized spacial score (nSPS) is 12.1. The molecule has 1 rings (SSSR count). The molecule has 0 aliphatic heterocycles. The van der Waals surface area contributed by atoms with Crippen molar-refractivity contribution < 1.29 is 9.13 Å². The number of hydrogen-bond acceptors (Lipinski definition) is 2. The van der Waals surface area contributed by atoms with E-state index in [0.29, 0.717) is 5.56 Å². The quantitative estimate of drug-likeness (QED) is 0.760. The van der Waals surface area contributed by atoms with Gasteiger partial charge < -0.3 is 4.74 Å². The van der Waals surface area contributed by atoms with Crippen molar-refractivity contribution >= 4 is 0 Å². The largest absolute Gasteiger partial charge is 0.374 e. The Morgan fingerprint density at radius 1 is 1.53 bits per heavy atom. The van der Waals surface area contributed by atoms with Gasteiger partial charge in [-0.1, -0.05) is 19.1 Å². The third kappa shape index (κ3) is 3.03. The highest BCUT2D eigenvalue weighted by Crippen LogP contribution is 2.14. The van der Waals surface area contributed by atoms with Gasteiger partial charge in [0.15, 0.2) is 0 Å². The maximum atomic E-state index is 13.5. The molecule has 0 bridgehead atoms. The van der Waals surface area contributed by atoms with Crippen LogP contribution in [-0.4, -0.2) is 6.10 Å². The Balaban J connectivity index is 2.74. The lowest BCUT2D eigenvalue weighted by molar-refractivity contribution is 0.0492. The highest BCUT2D eigenvalue weighted by Gasteiger charge is 2.08. The summed E-state index contributed by atoms with van der Waals surface area (Å²) in [5.41, 5.74) is 0.509. The van der Waals surface area contributed by atoms with Crippen LogP contribution < -0.4 is 0 Å². The molecule has 0 heterocycles. The summed E-state index contributed by atoms with van der Waals surface area (Å²) in [5, 5.41) is 8.64. The summed E-state index contributed by atoms with van der Waals surface area (Å²) in [5.74, 6) is -0.469. The predicted octanol–water partition coefficient (Wildman–Crippen LogP) is 3.01. The summed E-state index contributed by atoms with van der Waals surface area (Å²) in [4.78, 5) is 0. The van der Waals surface area contributed by atoms with Gasteiger partial charge in [-0.3, -0.25) is 0 Å². The number of benzene rings is 1. The second-order valence-electron chi connectivity index (χ2n) is 3.42. The van der Waals surface area contributed by atoms with Crippen LogP contribution in [0.15, 0.2) is 18.2 Å². The van der Waals surface area contributed by atoms with E-state index >= 15 is 0 Å². The van der Waals surface area contributed by atoms with Crippen LogP contribution in [0.3, 0.4) is 0 Å². The maximum absolute atomic E-state index is 13.5. The molecule has 1 aromatic rings. The Kier molecular flexibility index (Phi) is 4.26. The molecule has 15 heavy (non-hydrogen) atoms. The second-order valence-corrected chi connectivity index (χ2v) is 3.42. The predicted molar refractivity (Wildman–Crippen MR) is 55.7 cm³/mol. The highest BCUT2D eigenvalue weighted by molar-refractivity contribution is 5.34. The monoisotopic (exact) mass is 207 g/mol. The fraction of sp³-hybridized carbons (Fsp3) is 0.417. The summed E-state index contributed by atoms with van der Waals surface area (Å²) in [7, 11) is 0. The van der Waals surface area contributed by atoms with Gasteiger partial charge >= 0.3 is 0 Å². The molecular weight excluding hydrogens is 193 g/mol. The van der Waals surface area contributed by atoms with Crippen molar-refractivity contribution in [2.24, 2.45) is 0 Å². The topological polar surface area (TPSA) is 33.0 Å². The summed E-state index contributed by atoms with van der Waals surface area (Å²) in [6.07, 6.45) is 0.995. The molecule has 2 nitrogen and oxygen atoms in total. The van der Waals surface area contributed by atoms with Crippen molar-refractivity contribution in [1.82, 2.24) is 0 Å². The van der Waals surface area contributed by atoms with Crippen LogP contribution in [0.1, 0.15) is 31.4 Å². The number of hydrogen-bond donors (Lipinski definition) is 0. The van der Waals surface area contributed by atoms with Crippen LogP contribution in [-0.2, 0) is 11.3 Å². The lowest BCUT2D eigenvalue weighted by Crippen LogP contribution is -2.07. The lowest BCUT2D eigenvalue weighted by atomic mass is 10.1. The SMILES string of the molecule is CCC(C)OCc1cccc(C#N)c1F. The summed E-state index contributed by atoms with van der Waals surface area (Å²) in [6.45, 7) is 4.16. The molecule has 0 aromatic heterocycles. The number of nitrogens with zero attached hydrogens (tertiary/aromatic N) is 1. The third-order valence-electron chi connectivity index (χ3n) is 2.30. The summed E-state index contributed by atoms with van der Waals surface area (Å²) < 4.78 is 18.9. The Labute approximate surface area is 89.3 Å². The van der Waals surface area contributed by atoms with Gasteiger partial charge in [0.1, 0.15) is 11.9 Å². The standard InChI is InChI=1S/C12H14FNO/c1-3-9(2)15-8-11-6-4-5-10(7-14)12(11)13/h4-6,9H,3,8H2,1-2H3. The van der Waals surface area contributed by atoms with E-state index in [0.717, 1.165) is 6.42 Å². The zero-order valence-corrected chi connectivity index (χ0v) is 8.96. The Bertz CT molecular complexity index is 370. The van der Waals surface area contributed by atoms with Gasteiger partial charge in [0.2, 0.25) is 0 Å². The fourth-order valence-electron chi connectivity index (χ4n) is 1.13. The van der Waals surface area contributed by atoms with Crippen molar-refractivity contribution in [2.75, 3.05) is 0 Å². The van der Waals surface area contributed by atoms with Gasteiger partial charge in [-0.05, 0) is 19.4 Å². The van der Waals surface area contributed by atoms with Gasteiger partial charge in [0.25, 0.3) is 0 Å². The van der Waals surface area contributed by atoms with Crippen LogP contribution in [0.2, 0.25) is 0 Å². The minimum absolute atomic E-state index is 0.0697. The molecule has 0 N–H and O–H groups in total. The van der Waals surface area contributed by atoms with Gasteiger partial charge in [0.05, 0.1) is 18.3 Å². The van der Waals surface area contributed by atoms with Crippen molar-refractivity contribution in [3.05, 3.63) is 35.1 Å². The minimum Gasteiger partial charge on any atom is -0.374 e. The van der Waals surface area contributed by atoms with Crippen molar-refractivity contribution in [1.29, 1.82) is 5.26 Å². The Morgan fingerprint density at radius 3 is 2.87 bits per heavy atom. The molecule has 0 aliphatic carbocycles. The molecule has 1 aromatic carbocycles.